The zero-order chi connectivity index (χ0) is 26.2. The third-order valence-electron chi connectivity index (χ3n) is 6.59. The fourth-order valence-electron chi connectivity index (χ4n) is 4.04. The van der Waals surface area contributed by atoms with Crippen molar-refractivity contribution >= 4 is 35.0 Å². The van der Waals surface area contributed by atoms with Gasteiger partial charge in [0.1, 0.15) is 6.04 Å². The van der Waals surface area contributed by atoms with E-state index in [2.05, 4.69) is 5.32 Å². The topological polar surface area (TPSA) is 49.4 Å². The van der Waals surface area contributed by atoms with Gasteiger partial charge in [-0.15, -0.1) is 0 Å². The van der Waals surface area contributed by atoms with Crippen LogP contribution in [0.1, 0.15) is 48.1 Å². The molecule has 0 radical (unpaired) electrons. The summed E-state index contributed by atoms with van der Waals surface area (Å²) in [5.41, 5.74) is 4.79. The Morgan fingerprint density at radius 1 is 0.889 bits per heavy atom. The Balaban J connectivity index is 2.03. The Morgan fingerprint density at radius 3 is 2.17 bits per heavy atom. The first-order valence-corrected chi connectivity index (χ1v) is 13.1. The molecule has 3 aromatic carbocycles. The molecule has 0 spiro atoms. The third-order valence-corrected chi connectivity index (χ3v) is 7.30. The molecule has 0 fully saturated rings. The summed E-state index contributed by atoms with van der Waals surface area (Å²) in [7, 11) is 0. The second-order valence-corrected chi connectivity index (χ2v) is 10.2. The highest BCUT2D eigenvalue weighted by Gasteiger charge is 2.32. The number of carbonyl (C=O) groups is 2. The highest BCUT2D eigenvalue weighted by atomic mass is 35.5. The Bertz CT molecular complexity index is 1180. The Hall–Kier alpha value is -2.82. The fourth-order valence-corrected chi connectivity index (χ4v) is 4.56. The van der Waals surface area contributed by atoms with Gasteiger partial charge in [0.25, 0.3) is 0 Å². The zero-order valence-corrected chi connectivity index (χ0v) is 22.9. The van der Waals surface area contributed by atoms with Crippen molar-refractivity contribution in [2.24, 2.45) is 0 Å². The van der Waals surface area contributed by atoms with Crippen molar-refractivity contribution in [2.75, 3.05) is 0 Å². The summed E-state index contributed by atoms with van der Waals surface area (Å²) in [5, 5.41) is 4.01. The molecule has 0 aromatic heterocycles. The van der Waals surface area contributed by atoms with Gasteiger partial charge < -0.3 is 10.2 Å². The summed E-state index contributed by atoms with van der Waals surface area (Å²) in [6.45, 7) is 8.19. The van der Waals surface area contributed by atoms with Crippen molar-refractivity contribution in [3.05, 3.63) is 105 Å². The van der Waals surface area contributed by atoms with E-state index in [1.807, 2.05) is 76.2 Å². The molecule has 0 heterocycles. The number of nitrogens with zero attached hydrogens (tertiary/aromatic N) is 1. The maximum atomic E-state index is 13.9. The molecule has 2 atom stereocenters. The van der Waals surface area contributed by atoms with Crippen LogP contribution in [0.4, 0.5) is 0 Å². The summed E-state index contributed by atoms with van der Waals surface area (Å²) < 4.78 is 0. The number of aryl methyl sites for hydroxylation is 2. The van der Waals surface area contributed by atoms with Crippen molar-refractivity contribution in [1.29, 1.82) is 0 Å². The first-order chi connectivity index (χ1) is 17.2. The molecule has 0 aliphatic carbocycles. The van der Waals surface area contributed by atoms with E-state index in [4.69, 9.17) is 23.2 Å². The molecule has 3 rings (SSSR count). The standard InChI is InChI=1S/C30H34Cl2N2O2/c1-5-22(4)33-30(36)28(17-23-10-7-6-8-11-23)34(19-25-26(31)12-9-13-27(25)32)29(35)18-24-15-14-20(2)21(3)16-24/h6-16,22,28H,5,17-19H2,1-4H3,(H,33,36). The summed E-state index contributed by atoms with van der Waals surface area (Å²) >= 11 is 13.0. The number of carbonyl (C=O) groups excluding carboxylic acids is 2. The van der Waals surface area contributed by atoms with Crippen LogP contribution < -0.4 is 5.32 Å². The first kappa shape index (κ1) is 27.8. The Labute approximate surface area is 224 Å². The molecule has 0 aliphatic rings. The van der Waals surface area contributed by atoms with Crippen LogP contribution in [0.2, 0.25) is 10.0 Å². The van der Waals surface area contributed by atoms with Crippen LogP contribution in [0.15, 0.2) is 66.7 Å². The van der Waals surface area contributed by atoms with Gasteiger partial charge in [0.05, 0.1) is 6.42 Å². The molecular formula is C30H34Cl2N2O2. The van der Waals surface area contributed by atoms with Crippen LogP contribution in [0.3, 0.4) is 0 Å². The highest BCUT2D eigenvalue weighted by molar-refractivity contribution is 6.36. The number of hydrogen-bond donors (Lipinski definition) is 1. The first-order valence-electron chi connectivity index (χ1n) is 12.3. The van der Waals surface area contributed by atoms with Crippen molar-refractivity contribution in [1.82, 2.24) is 10.2 Å². The molecule has 0 bridgehead atoms. The van der Waals surface area contributed by atoms with Gasteiger partial charge in [0.15, 0.2) is 0 Å². The zero-order valence-electron chi connectivity index (χ0n) is 21.4. The molecule has 36 heavy (non-hydrogen) atoms. The quantitative estimate of drug-likeness (QED) is 0.320. The molecule has 0 saturated carbocycles. The lowest BCUT2D eigenvalue weighted by Gasteiger charge is -2.33. The number of nitrogens with one attached hydrogen (secondary N) is 1. The van der Waals surface area contributed by atoms with Gasteiger partial charge in [-0.25, -0.2) is 0 Å². The van der Waals surface area contributed by atoms with Gasteiger partial charge in [0.2, 0.25) is 11.8 Å². The maximum Gasteiger partial charge on any atom is 0.243 e. The lowest BCUT2D eigenvalue weighted by Crippen LogP contribution is -2.52. The predicted octanol–water partition coefficient (Wildman–Crippen LogP) is 6.71. The Morgan fingerprint density at radius 2 is 1.56 bits per heavy atom. The van der Waals surface area contributed by atoms with Crippen molar-refractivity contribution in [2.45, 2.75) is 65.6 Å². The average molecular weight is 526 g/mol. The summed E-state index contributed by atoms with van der Waals surface area (Å²) in [6.07, 6.45) is 1.34. The molecular weight excluding hydrogens is 491 g/mol. The molecule has 2 unspecified atom stereocenters. The second kappa shape index (κ2) is 12.9. The van der Waals surface area contributed by atoms with Crippen LogP contribution in [0.5, 0.6) is 0 Å². The average Bonchev–Trinajstić information content (AvgIpc) is 2.85. The van der Waals surface area contributed by atoms with Crippen LogP contribution >= 0.6 is 23.2 Å². The second-order valence-electron chi connectivity index (χ2n) is 9.34. The minimum absolute atomic E-state index is 0.0172. The number of amides is 2. The van der Waals surface area contributed by atoms with Crippen molar-refractivity contribution in [3.63, 3.8) is 0 Å². The number of hydrogen-bond acceptors (Lipinski definition) is 2. The highest BCUT2D eigenvalue weighted by Crippen LogP contribution is 2.28. The van der Waals surface area contributed by atoms with E-state index < -0.39 is 6.04 Å². The van der Waals surface area contributed by atoms with Gasteiger partial charge in [0, 0.05) is 34.6 Å². The summed E-state index contributed by atoms with van der Waals surface area (Å²) in [6, 6.07) is 20.3. The van der Waals surface area contributed by atoms with Crippen LogP contribution in [-0.2, 0) is 29.0 Å². The van der Waals surface area contributed by atoms with Gasteiger partial charge in [-0.3, -0.25) is 9.59 Å². The third kappa shape index (κ3) is 7.35. The molecule has 6 heteroatoms. The van der Waals surface area contributed by atoms with E-state index in [9.17, 15) is 9.59 Å². The molecule has 3 aromatic rings. The summed E-state index contributed by atoms with van der Waals surface area (Å²) in [5.74, 6) is -0.348. The molecule has 4 nitrogen and oxygen atoms in total. The maximum absolute atomic E-state index is 13.9. The Kier molecular flexibility index (Phi) is 9.98. The minimum Gasteiger partial charge on any atom is -0.352 e. The molecule has 0 saturated heterocycles. The minimum atomic E-state index is -0.729. The number of halogens is 2. The van der Waals surface area contributed by atoms with E-state index in [1.165, 1.54) is 5.56 Å². The van der Waals surface area contributed by atoms with Gasteiger partial charge >= 0.3 is 0 Å². The molecule has 1 N–H and O–H groups in total. The lowest BCUT2D eigenvalue weighted by molar-refractivity contribution is -0.141. The largest absolute Gasteiger partial charge is 0.352 e. The van der Waals surface area contributed by atoms with E-state index in [1.54, 1.807) is 23.1 Å². The van der Waals surface area contributed by atoms with Gasteiger partial charge in [-0.05, 0) is 61.6 Å². The van der Waals surface area contributed by atoms with Crippen molar-refractivity contribution < 1.29 is 9.59 Å². The van der Waals surface area contributed by atoms with Gasteiger partial charge in [-0.1, -0.05) is 84.7 Å². The van der Waals surface area contributed by atoms with Crippen molar-refractivity contribution in [3.8, 4) is 0 Å². The smallest absolute Gasteiger partial charge is 0.243 e. The summed E-state index contributed by atoms with van der Waals surface area (Å²) in [4.78, 5) is 29.1. The predicted molar refractivity (Wildman–Crippen MR) is 148 cm³/mol. The fraction of sp³-hybridized carbons (Fsp3) is 0.333. The van der Waals surface area contributed by atoms with E-state index in [0.717, 1.165) is 23.1 Å². The molecule has 2 amide bonds. The van der Waals surface area contributed by atoms with Crippen LogP contribution in [0.25, 0.3) is 0 Å². The normalized spacial score (nSPS) is 12.6. The number of rotatable bonds is 10. The van der Waals surface area contributed by atoms with Gasteiger partial charge in [-0.2, -0.15) is 0 Å². The SMILES string of the molecule is CCC(C)NC(=O)C(Cc1ccccc1)N(Cc1c(Cl)cccc1Cl)C(=O)Cc1ccc(C)c(C)c1. The monoisotopic (exact) mass is 524 g/mol. The van der Waals surface area contributed by atoms with Crippen LogP contribution in [-0.4, -0.2) is 28.8 Å². The van der Waals surface area contributed by atoms with Crippen LogP contribution in [0, 0.1) is 13.8 Å². The lowest BCUT2D eigenvalue weighted by atomic mass is 10.00. The van der Waals surface area contributed by atoms with E-state index >= 15 is 0 Å². The molecule has 190 valence electrons. The van der Waals surface area contributed by atoms with E-state index in [-0.39, 0.29) is 30.8 Å². The molecule has 0 aliphatic heterocycles. The van der Waals surface area contributed by atoms with E-state index in [0.29, 0.717) is 22.0 Å². The number of benzene rings is 3.